The van der Waals surface area contributed by atoms with E-state index in [1.165, 1.54) is 0 Å². The van der Waals surface area contributed by atoms with Gasteiger partial charge in [-0.25, -0.2) is 0 Å². The molecular weight excluding hydrogens is 459 g/mol. The minimum absolute atomic E-state index is 0.160. The van der Waals surface area contributed by atoms with Crippen molar-refractivity contribution < 1.29 is 14.3 Å². The molecule has 0 aliphatic heterocycles. The minimum atomic E-state index is -0.685. The molecule has 0 saturated heterocycles. The predicted octanol–water partition coefficient (Wildman–Crippen LogP) is 5.28. The number of para-hydroxylation sites is 1. The van der Waals surface area contributed by atoms with Crippen LogP contribution >= 0.6 is 23.2 Å². The Bertz CT molecular complexity index is 1090. The van der Waals surface area contributed by atoms with Crippen LogP contribution in [0, 0.1) is 0 Å². The smallest absolute Gasteiger partial charge is 0.242 e. The summed E-state index contributed by atoms with van der Waals surface area (Å²) in [5.74, 6) is 0.286. The van der Waals surface area contributed by atoms with Crippen molar-refractivity contribution in [3.63, 3.8) is 0 Å². The van der Waals surface area contributed by atoms with Crippen molar-refractivity contribution in [2.24, 2.45) is 0 Å². The first kappa shape index (κ1) is 24.6. The summed E-state index contributed by atoms with van der Waals surface area (Å²) in [6.45, 7) is 2.31. The lowest BCUT2D eigenvalue weighted by atomic mass is 10.1. The van der Waals surface area contributed by atoms with Crippen LogP contribution in [0.4, 0.5) is 0 Å². The molecule has 0 aliphatic rings. The van der Waals surface area contributed by atoms with Gasteiger partial charge in [0, 0.05) is 28.7 Å². The summed E-state index contributed by atoms with van der Waals surface area (Å²) in [7, 11) is 1.59. The average molecular weight is 485 g/mol. The highest BCUT2D eigenvalue weighted by atomic mass is 35.5. The van der Waals surface area contributed by atoms with Crippen LogP contribution in [0.3, 0.4) is 0 Å². The van der Waals surface area contributed by atoms with Crippen molar-refractivity contribution in [1.82, 2.24) is 10.2 Å². The van der Waals surface area contributed by atoms with E-state index in [2.05, 4.69) is 5.32 Å². The Labute approximate surface area is 204 Å². The van der Waals surface area contributed by atoms with Gasteiger partial charge in [0.1, 0.15) is 11.8 Å². The van der Waals surface area contributed by atoms with E-state index in [0.29, 0.717) is 22.3 Å². The Balaban J connectivity index is 1.75. The van der Waals surface area contributed by atoms with E-state index in [-0.39, 0.29) is 24.8 Å². The number of carbonyl (C=O) groups excluding carboxylic acids is 2. The molecule has 33 heavy (non-hydrogen) atoms. The number of amides is 2. The van der Waals surface area contributed by atoms with Gasteiger partial charge in [-0.3, -0.25) is 9.59 Å². The van der Waals surface area contributed by atoms with Crippen LogP contribution in [0.5, 0.6) is 5.75 Å². The summed E-state index contributed by atoms with van der Waals surface area (Å²) in [5, 5.41) is 4.14. The second kappa shape index (κ2) is 11.7. The maximum absolute atomic E-state index is 13.3. The highest BCUT2D eigenvalue weighted by molar-refractivity contribution is 6.30. The van der Waals surface area contributed by atoms with Gasteiger partial charge < -0.3 is 15.0 Å². The van der Waals surface area contributed by atoms with Gasteiger partial charge in [0.25, 0.3) is 0 Å². The van der Waals surface area contributed by atoms with Crippen molar-refractivity contribution >= 4 is 35.0 Å². The molecule has 5 nitrogen and oxygen atoms in total. The van der Waals surface area contributed by atoms with Gasteiger partial charge in [-0.2, -0.15) is 0 Å². The Hall–Kier alpha value is -3.02. The molecule has 0 aromatic heterocycles. The van der Waals surface area contributed by atoms with E-state index in [0.717, 1.165) is 16.7 Å². The fourth-order valence-corrected chi connectivity index (χ4v) is 3.68. The van der Waals surface area contributed by atoms with Crippen molar-refractivity contribution in [3.8, 4) is 5.75 Å². The van der Waals surface area contributed by atoms with E-state index < -0.39 is 6.04 Å². The van der Waals surface area contributed by atoms with Crippen molar-refractivity contribution in [2.45, 2.75) is 32.5 Å². The number of ether oxygens (including phenoxy) is 1. The molecule has 1 N–H and O–H groups in total. The standard InChI is InChI=1S/C26H26Cl2N2O3/c1-18(26(32)29-16-21-5-3-4-6-24(21)33-2)30(17-20-9-13-23(28)14-10-20)25(31)15-19-7-11-22(27)12-8-19/h3-14,18H,15-17H2,1-2H3,(H,29,32)/t18-/m1/s1. The Kier molecular flexibility index (Phi) is 8.75. The SMILES string of the molecule is COc1ccccc1CNC(=O)[C@@H](C)N(Cc1ccc(Cl)cc1)C(=O)Cc1ccc(Cl)cc1. The lowest BCUT2D eigenvalue weighted by molar-refractivity contribution is -0.140. The molecule has 0 heterocycles. The monoisotopic (exact) mass is 484 g/mol. The van der Waals surface area contributed by atoms with Crippen molar-refractivity contribution in [1.29, 1.82) is 0 Å². The van der Waals surface area contributed by atoms with Gasteiger partial charge in [0.05, 0.1) is 13.5 Å². The van der Waals surface area contributed by atoms with Crippen LogP contribution in [0.15, 0.2) is 72.8 Å². The molecule has 2 amide bonds. The van der Waals surface area contributed by atoms with E-state index in [1.807, 2.05) is 48.5 Å². The second-order valence-electron chi connectivity index (χ2n) is 7.66. The molecule has 0 saturated carbocycles. The maximum Gasteiger partial charge on any atom is 0.242 e. The van der Waals surface area contributed by atoms with Crippen LogP contribution in [0.2, 0.25) is 10.0 Å². The lowest BCUT2D eigenvalue weighted by Crippen LogP contribution is -2.48. The topological polar surface area (TPSA) is 58.6 Å². The molecule has 0 bridgehead atoms. The van der Waals surface area contributed by atoms with Crippen LogP contribution < -0.4 is 10.1 Å². The second-order valence-corrected chi connectivity index (χ2v) is 8.53. The molecule has 7 heteroatoms. The summed E-state index contributed by atoms with van der Waals surface area (Å²) in [6, 6.07) is 21.2. The normalized spacial score (nSPS) is 11.5. The Morgan fingerprint density at radius 3 is 2.09 bits per heavy atom. The molecule has 172 valence electrons. The number of nitrogens with zero attached hydrogens (tertiary/aromatic N) is 1. The zero-order chi connectivity index (χ0) is 23.8. The van der Waals surface area contributed by atoms with Crippen LogP contribution in [0.25, 0.3) is 0 Å². The first-order valence-corrected chi connectivity index (χ1v) is 11.3. The van der Waals surface area contributed by atoms with E-state index in [1.54, 1.807) is 43.2 Å². The van der Waals surface area contributed by atoms with Crippen LogP contribution in [-0.2, 0) is 29.1 Å². The van der Waals surface area contributed by atoms with Gasteiger partial charge in [0.15, 0.2) is 0 Å². The fraction of sp³-hybridized carbons (Fsp3) is 0.231. The third-order valence-electron chi connectivity index (χ3n) is 5.35. The summed E-state index contributed by atoms with van der Waals surface area (Å²) < 4.78 is 5.35. The molecule has 0 unspecified atom stereocenters. The number of hydrogen-bond acceptors (Lipinski definition) is 3. The molecule has 3 rings (SSSR count). The number of rotatable bonds is 9. The largest absolute Gasteiger partial charge is 0.496 e. The molecule has 3 aromatic carbocycles. The van der Waals surface area contributed by atoms with Gasteiger partial charge >= 0.3 is 0 Å². The predicted molar refractivity (Wildman–Crippen MR) is 131 cm³/mol. The molecule has 3 aromatic rings. The van der Waals surface area contributed by atoms with Gasteiger partial charge in [-0.05, 0) is 48.4 Å². The van der Waals surface area contributed by atoms with E-state index in [4.69, 9.17) is 27.9 Å². The van der Waals surface area contributed by atoms with E-state index >= 15 is 0 Å². The van der Waals surface area contributed by atoms with Gasteiger partial charge in [-0.15, -0.1) is 0 Å². The number of halogens is 2. The molecule has 0 spiro atoms. The average Bonchev–Trinajstić information content (AvgIpc) is 2.83. The number of nitrogens with one attached hydrogen (secondary N) is 1. The minimum Gasteiger partial charge on any atom is -0.496 e. The summed E-state index contributed by atoms with van der Waals surface area (Å²) >= 11 is 12.0. The summed E-state index contributed by atoms with van der Waals surface area (Å²) in [6.07, 6.45) is 0.162. The van der Waals surface area contributed by atoms with Crippen molar-refractivity contribution in [3.05, 3.63) is 99.5 Å². The zero-order valence-electron chi connectivity index (χ0n) is 18.6. The van der Waals surface area contributed by atoms with Crippen LogP contribution in [-0.4, -0.2) is 29.9 Å². The lowest BCUT2D eigenvalue weighted by Gasteiger charge is -2.29. The highest BCUT2D eigenvalue weighted by Gasteiger charge is 2.26. The molecule has 1 atom stereocenters. The van der Waals surface area contributed by atoms with Crippen LogP contribution in [0.1, 0.15) is 23.6 Å². The molecular formula is C26H26Cl2N2O3. The van der Waals surface area contributed by atoms with E-state index in [9.17, 15) is 9.59 Å². The molecule has 0 fully saturated rings. The highest BCUT2D eigenvalue weighted by Crippen LogP contribution is 2.18. The van der Waals surface area contributed by atoms with Crippen molar-refractivity contribution in [2.75, 3.05) is 7.11 Å². The van der Waals surface area contributed by atoms with Gasteiger partial charge in [0.2, 0.25) is 11.8 Å². The quantitative estimate of drug-likeness (QED) is 0.449. The Morgan fingerprint density at radius 2 is 1.48 bits per heavy atom. The zero-order valence-corrected chi connectivity index (χ0v) is 20.1. The Morgan fingerprint density at radius 1 is 0.909 bits per heavy atom. The molecule has 0 radical (unpaired) electrons. The maximum atomic E-state index is 13.3. The summed E-state index contributed by atoms with van der Waals surface area (Å²) in [4.78, 5) is 27.9. The first-order chi connectivity index (χ1) is 15.9. The molecule has 0 aliphatic carbocycles. The number of hydrogen-bond donors (Lipinski definition) is 1. The first-order valence-electron chi connectivity index (χ1n) is 10.6. The fourth-order valence-electron chi connectivity index (χ4n) is 3.43. The van der Waals surface area contributed by atoms with Gasteiger partial charge in [-0.1, -0.05) is 65.7 Å². The summed E-state index contributed by atoms with van der Waals surface area (Å²) in [5.41, 5.74) is 2.57. The third kappa shape index (κ3) is 6.98. The number of carbonyl (C=O) groups is 2. The third-order valence-corrected chi connectivity index (χ3v) is 5.85. The number of benzene rings is 3. The number of methoxy groups -OCH3 is 1.